The molecule has 3 amide bonds. The van der Waals surface area contributed by atoms with Crippen LogP contribution in [0.5, 0.6) is 0 Å². The summed E-state index contributed by atoms with van der Waals surface area (Å²) in [7, 11) is 0. The molecule has 2 aliphatic rings. The number of anilines is 2. The number of hydrogen-bond donors (Lipinski definition) is 1. The summed E-state index contributed by atoms with van der Waals surface area (Å²) in [4.78, 5) is 78.4. The Labute approximate surface area is 261 Å². The van der Waals surface area contributed by atoms with Gasteiger partial charge in [-0.1, -0.05) is 29.2 Å². The Morgan fingerprint density at radius 3 is 2.39 bits per heavy atom. The van der Waals surface area contributed by atoms with E-state index >= 15 is 0 Å². The predicted molar refractivity (Wildman–Crippen MR) is 164 cm³/mol. The highest BCUT2D eigenvalue weighted by Gasteiger charge is 2.57. The van der Waals surface area contributed by atoms with Gasteiger partial charge in [-0.05, 0) is 54.8 Å². The van der Waals surface area contributed by atoms with Crippen LogP contribution >= 0.6 is 34.4 Å². The average molecular weight is 651 g/mol. The lowest BCUT2D eigenvalue weighted by atomic mass is 9.87. The van der Waals surface area contributed by atoms with Gasteiger partial charge in [0.05, 0.1) is 33.7 Å². The maximum absolute atomic E-state index is 13.8. The molecule has 12 nitrogen and oxygen atoms in total. The van der Waals surface area contributed by atoms with Gasteiger partial charge in [-0.15, -0.1) is 11.3 Å². The van der Waals surface area contributed by atoms with Gasteiger partial charge in [0.1, 0.15) is 11.8 Å². The van der Waals surface area contributed by atoms with Crippen LogP contribution in [0.1, 0.15) is 33.0 Å². The van der Waals surface area contributed by atoms with E-state index in [1.165, 1.54) is 52.3 Å². The van der Waals surface area contributed by atoms with Crippen molar-refractivity contribution in [2.24, 2.45) is 5.92 Å². The number of non-ortho nitro benzene ring substituents is 1. The Balaban J connectivity index is 1.30. The summed E-state index contributed by atoms with van der Waals surface area (Å²) in [6.07, 6.45) is 0. The van der Waals surface area contributed by atoms with Gasteiger partial charge in [-0.3, -0.25) is 33.9 Å². The molecule has 1 fully saturated rings. The molecule has 4 aromatic rings. The average Bonchev–Trinajstić information content (AvgIpc) is 3.70. The van der Waals surface area contributed by atoms with Crippen LogP contribution in [-0.4, -0.2) is 45.0 Å². The Kier molecular flexibility index (Phi) is 7.92. The Bertz CT molecular complexity index is 1850. The molecule has 0 bridgehead atoms. The fraction of sp³-hybridized carbons (Fsp3) is 0.207. The normalized spacial score (nSPS) is 18.9. The number of thiazole rings is 1. The minimum absolute atomic E-state index is 0.171. The van der Waals surface area contributed by atoms with E-state index in [0.717, 1.165) is 32.9 Å². The Morgan fingerprint density at radius 2 is 1.75 bits per heavy atom. The first kappa shape index (κ1) is 29.5. The molecule has 2 aromatic carbocycles. The van der Waals surface area contributed by atoms with Gasteiger partial charge in [0.15, 0.2) is 0 Å². The lowest BCUT2D eigenvalue weighted by Crippen LogP contribution is -2.32. The van der Waals surface area contributed by atoms with Crippen molar-refractivity contribution >= 4 is 75.2 Å². The van der Waals surface area contributed by atoms with Crippen LogP contribution < -0.4 is 15.1 Å². The number of nitro groups is 1. The number of amides is 3. The van der Waals surface area contributed by atoms with Crippen molar-refractivity contribution in [3.63, 3.8) is 0 Å². The van der Waals surface area contributed by atoms with Gasteiger partial charge in [-0.25, -0.2) is 9.69 Å². The van der Waals surface area contributed by atoms with Crippen molar-refractivity contribution in [2.75, 3.05) is 16.8 Å². The number of nitrogens with one attached hydrogen (secondary N) is 1. The van der Waals surface area contributed by atoms with Crippen molar-refractivity contribution in [1.29, 1.82) is 0 Å². The Morgan fingerprint density at radius 1 is 1.02 bits per heavy atom. The van der Waals surface area contributed by atoms with Crippen LogP contribution in [0, 0.1) is 16.0 Å². The monoisotopic (exact) mass is 650 g/mol. The van der Waals surface area contributed by atoms with E-state index in [-0.39, 0.29) is 24.5 Å². The molecule has 2 aliphatic heterocycles. The van der Waals surface area contributed by atoms with Gasteiger partial charge >= 0.3 is 10.8 Å². The summed E-state index contributed by atoms with van der Waals surface area (Å²) in [5, 5.41) is 15.3. The number of nitrogens with zero attached hydrogens (tertiary/aromatic N) is 3. The molecule has 1 saturated heterocycles. The number of benzene rings is 2. The molecular weight excluding hydrogens is 629 g/mol. The highest BCUT2D eigenvalue weighted by molar-refractivity contribution is 8.00. The van der Waals surface area contributed by atoms with E-state index < -0.39 is 50.6 Å². The quantitative estimate of drug-likeness (QED) is 0.126. The molecule has 0 spiro atoms. The second-order valence-electron chi connectivity index (χ2n) is 9.81. The molecule has 6 rings (SSSR count). The van der Waals surface area contributed by atoms with E-state index in [4.69, 9.17) is 4.74 Å². The zero-order valence-electron chi connectivity index (χ0n) is 22.8. The fourth-order valence-electron chi connectivity index (χ4n) is 5.26. The van der Waals surface area contributed by atoms with Crippen LogP contribution in [0.4, 0.5) is 17.1 Å². The Hall–Kier alpha value is -4.60. The van der Waals surface area contributed by atoms with Crippen molar-refractivity contribution in [1.82, 2.24) is 4.57 Å². The standard InChI is InChI=1S/C29H22N4O8S3/c1-2-41-28(37)15-5-7-16(8-6-15)30-20(34)14-31-27-24(44-29(31)38)21(19-4-3-13-42-19)22-23(43-27)26(36)32(25(22)35)17-9-11-18(12-10-17)33(39)40/h3-13,21-23H,2,14H2,1H3,(H,30,34). The molecule has 3 atom stereocenters. The molecule has 4 heterocycles. The first-order valence-electron chi connectivity index (χ1n) is 13.3. The molecule has 44 heavy (non-hydrogen) atoms. The van der Waals surface area contributed by atoms with Crippen LogP contribution in [0.25, 0.3) is 0 Å². The van der Waals surface area contributed by atoms with Crippen LogP contribution in [0.3, 0.4) is 0 Å². The van der Waals surface area contributed by atoms with Crippen molar-refractivity contribution in [2.45, 2.75) is 29.7 Å². The molecule has 3 unspecified atom stereocenters. The van der Waals surface area contributed by atoms with E-state index in [0.29, 0.717) is 21.2 Å². The third kappa shape index (κ3) is 5.22. The van der Waals surface area contributed by atoms with Crippen molar-refractivity contribution in [3.05, 3.63) is 101 Å². The minimum Gasteiger partial charge on any atom is -0.462 e. The molecule has 15 heteroatoms. The van der Waals surface area contributed by atoms with Gasteiger partial charge < -0.3 is 10.1 Å². The molecule has 0 radical (unpaired) electrons. The number of imide groups is 1. The lowest BCUT2D eigenvalue weighted by molar-refractivity contribution is -0.384. The topological polar surface area (TPSA) is 158 Å². The number of fused-ring (bicyclic) bond motifs is 2. The highest BCUT2D eigenvalue weighted by atomic mass is 32.2. The number of rotatable bonds is 8. The van der Waals surface area contributed by atoms with Crippen LogP contribution in [0.2, 0.25) is 0 Å². The lowest BCUT2D eigenvalue weighted by Gasteiger charge is -2.29. The third-order valence-corrected chi connectivity index (χ3v) is 10.8. The SMILES string of the molecule is CCOC(=O)c1ccc(NC(=O)Cn2c3c(sc2=O)C(c2cccs2)C2C(=O)N(c4ccc([N+](=O)[O-])cc4)C(=O)C2S3)cc1. The first-order chi connectivity index (χ1) is 21.2. The van der Waals surface area contributed by atoms with Gasteiger partial charge in [0, 0.05) is 33.5 Å². The first-order valence-corrected chi connectivity index (χ1v) is 15.9. The number of thioether (sulfide) groups is 1. The van der Waals surface area contributed by atoms with Crippen molar-refractivity contribution in [3.8, 4) is 0 Å². The molecule has 0 aliphatic carbocycles. The van der Waals surface area contributed by atoms with Gasteiger partial charge in [0.2, 0.25) is 17.7 Å². The molecule has 2 aromatic heterocycles. The summed E-state index contributed by atoms with van der Waals surface area (Å²) in [6, 6.07) is 15.0. The number of carbonyl (C=O) groups excluding carboxylic acids is 4. The molecular formula is C29H22N4O8S3. The second kappa shape index (κ2) is 11.8. The van der Waals surface area contributed by atoms with E-state index in [1.807, 2.05) is 17.5 Å². The third-order valence-electron chi connectivity index (χ3n) is 7.20. The van der Waals surface area contributed by atoms with Crippen molar-refractivity contribution < 1.29 is 28.8 Å². The zero-order chi connectivity index (χ0) is 31.1. The number of nitro benzene ring substituents is 1. The number of ether oxygens (including phenoxy) is 1. The molecule has 1 N–H and O–H groups in total. The van der Waals surface area contributed by atoms with E-state index in [2.05, 4.69) is 5.32 Å². The molecule has 0 saturated carbocycles. The maximum Gasteiger partial charge on any atom is 0.338 e. The number of hydrogen-bond acceptors (Lipinski definition) is 11. The molecule has 224 valence electrons. The fourth-order valence-corrected chi connectivity index (χ4v) is 8.98. The summed E-state index contributed by atoms with van der Waals surface area (Å²) in [5.74, 6) is -3.33. The number of carbonyl (C=O) groups is 4. The number of aromatic nitrogens is 1. The van der Waals surface area contributed by atoms with Gasteiger partial charge in [-0.2, -0.15) is 0 Å². The van der Waals surface area contributed by atoms with E-state index in [1.54, 1.807) is 19.1 Å². The van der Waals surface area contributed by atoms with Crippen LogP contribution in [-0.2, 0) is 25.7 Å². The van der Waals surface area contributed by atoms with Gasteiger partial charge in [0.25, 0.3) is 5.69 Å². The largest absolute Gasteiger partial charge is 0.462 e. The highest BCUT2D eigenvalue weighted by Crippen LogP contribution is 2.54. The minimum atomic E-state index is -0.879. The summed E-state index contributed by atoms with van der Waals surface area (Å²) in [6.45, 7) is 1.60. The predicted octanol–water partition coefficient (Wildman–Crippen LogP) is 4.49. The summed E-state index contributed by atoms with van der Waals surface area (Å²) >= 11 is 3.42. The van der Waals surface area contributed by atoms with Crippen LogP contribution in [0.15, 0.2) is 75.9 Å². The summed E-state index contributed by atoms with van der Waals surface area (Å²) < 4.78 is 6.29. The summed E-state index contributed by atoms with van der Waals surface area (Å²) in [5.41, 5.74) is 0.798. The smallest absolute Gasteiger partial charge is 0.338 e. The maximum atomic E-state index is 13.8. The number of thiophene rings is 1. The zero-order valence-corrected chi connectivity index (χ0v) is 25.3. The second-order valence-corrected chi connectivity index (χ2v) is 12.9. The number of esters is 1. The van der Waals surface area contributed by atoms with E-state index in [9.17, 15) is 34.1 Å².